The van der Waals surface area contributed by atoms with Gasteiger partial charge in [0.2, 0.25) is 5.91 Å². The highest BCUT2D eigenvalue weighted by atomic mass is 16.2. The first-order valence-electron chi connectivity index (χ1n) is 5.48. The Kier molecular flexibility index (Phi) is 4.90. The molecular formula is C10H21N3O. The van der Waals surface area contributed by atoms with E-state index in [-0.39, 0.29) is 11.9 Å². The summed E-state index contributed by atoms with van der Waals surface area (Å²) in [6.45, 7) is 6.54. The monoisotopic (exact) mass is 199 g/mol. The molecule has 2 unspecified atom stereocenters. The van der Waals surface area contributed by atoms with E-state index in [1.807, 2.05) is 13.8 Å². The molecule has 4 nitrogen and oxygen atoms in total. The fourth-order valence-electron chi connectivity index (χ4n) is 1.67. The van der Waals surface area contributed by atoms with Gasteiger partial charge in [0.25, 0.3) is 0 Å². The van der Waals surface area contributed by atoms with Crippen LogP contribution in [0.4, 0.5) is 0 Å². The molecule has 1 saturated heterocycles. The topological polar surface area (TPSA) is 53.2 Å². The van der Waals surface area contributed by atoms with E-state index in [4.69, 9.17) is 0 Å². The fourth-order valence-corrected chi connectivity index (χ4v) is 1.67. The van der Waals surface area contributed by atoms with Crippen molar-refractivity contribution in [3.63, 3.8) is 0 Å². The van der Waals surface area contributed by atoms with Gasteiger partial charge >= 0.3 is 0 Å². The van der Waals surface area contributed by atoms with Gasteiger partial charge in [0.15, 0.2) is 0 Å². The largest absolute Gasteiger partial charge is 0.355 e. The van der Waals surface area contributed by atoms with Crippen LogP contribution in [0.1, 0.15) is 26.7 Å². The van der Waals surface area contributed by atoms with Crippen molar-refractivity contribution in [2.24, 2.45) is 0 Å². The normalized spacial score (nSPS) is 23.4. The Morgan fingerprint density at radius 1 is 1.64 bits per heavy atom. The molecule has 1 amide bonds. The highest BCUT2D eigenvalue weighted by Gasteiger charge is 2.16. The molecule has 0 spiro atoms. The van der Waals surface area contributed by atoms with Crippen LogP contribution in [-0.2, 0) is 4.79 Å². The molecule has 1 aliphatic rings. The van der Waals surface area contributed by atoms with Gasteiger partial charge in [0.1, 0.15) is 0 Å². The Hall–Kier alpha value is -0.610. The number of amides is 1. The number of nitrogens with one attached hydrogen (secondary N) is 3. The van der Waals surface area contributed by atoms with Crippen molar-refractivity contribution in [2.45, 2.75) is 38.8 Å². The van der Waals surface area contributed by atoms with Crippen molar-refractivity contribution in [2.75, 3.05) is 19.6 Å². The zero-order valence-corrected chi connectivity index (χ0v) is 9.10. The van der Waals surface area contributed by atoms with E-state index in [1.54, 1.807) is 0 Å². The van der Waals surface area contributed by atoms with E-state index in [2.05, 4.69) is 16.0 Å². The summed E-state index contributed by atoms with van der Waals surface area (Å²) >= 11 is 0. The van der Waals surface area contributed by atoms with Gasteiger partial charge in [-0.05, 0) is 33.2 Å². The molecule has 0 aromatic rings. The molecule has 2 atom stereocenters. The van der Waals surface area contributed by atoms with Crippen molar-refractivity contribution in [3.05, 3.63) is 0 Å². The van der Waals surface area contributed by atoms with Crippen molar-refractivity contribution >= 4 is 5.91 Å². The molecule has 4 heteroatoms. The molecule has 0 aromatic carbocycles. The van der Waals surface area contributed by atoms with Crippen molar-refractivity contribution in [1.82, 2.24) is 16.0 Å². The summed E-state index contributed by atoms with van der Waals surface area (Å²) in [6, 6.07) is 0.462. The van der Waals surface area contributed by atoms with Crippen molar-refractivity contribution < 1.29 is 4.79 Å². The molecule has 0 radical (unpaired) electrons. The van der Waals surface area contributed by atoms with Crippen LogP contribution in [-0.4, -0.2) is 37.6 Å². The number of likely N-dealkylation sites (N-methyl/N-ethyl adjacent to an activating group) is 1. The van der Waals surface area contributed by atoms with Crippen LogP contribution in [0.5, 0.6) is 0 Å². The average molecular weight is 199 g/mol. The average Bonchev–Trinajstić information content (AvgIpc) is 2.67. The van der Waals surface area contributed by atoms with E-state index in [9.17, 15) is 4.79 Å². The third-order valence-electron chi connectivity index (χ3n) is 2.58. The van der Waals surface area contributed by atoms with Gasteiger partial charge in [-0.3, -0.25) is 4.79 Å². The molecule has 1 aliphatic heterocycles. The minimum Gasteiger partial charge on any atom is -0.355 e. The summed E-state index contributed by atoms with van der Waals surface area (Å²) in [5.74, 6) is 0.0884. The van der Waals surface area contributed by atoms with Crippen LogP contribution < -0.4 is 16.0 Å². The Morgan fingerprint density at radius 2 is 2.43 bits per heavy atom. The van der Waals surface area contributed by atoms with Gasteiger partial charge < -0.3 is 16.0 Å². The zero-order valence-electron chi connectivity index (χ0n) is 9.10. The third-order valence-corrected chi connectivity index (χ3v) is 2.58. The summed E-state index contributed by atoms with van der Waals surface area (Å²) < 4.78 is 0. The lowest BCUT2D eigenvalue weighted by molar-refractivity contribution is -0.122. The van der Waals surface area contributed by atoms with E-state index < -0.39 is 0 Å². The minimum atomic E-state index is -0.0858. The SMILES string of the molecule is CCNC(=O)C(C)NCC1CCCN1. The molecule has 14 heavy (non-hydrogen) atoms. The quantitative estimate of drug-likeness (QED) is 0.577. The third kappa shape index (κ3) is 3.64. The van der Waals surface area contributed by atoms with Gasteiger partial charge in [-0.1, -0.05) is 0 Å². The molecule has 1 rings (SSSR count). The summed E-state index contributed by atoms with van der Waals surface area (Å²) in [7, 11) is 0. The summed E-state index contributed by atoms with van der Waals surface area (Å²) in [5.41, 5.74) is 0. The molecule has 0 aromatic heterocycles. The van der Waals surface area contributed by atoms with Gasteiger partial charge in [-0.2, -0.15) is 0 Å². The van der Waals surface area contributed by atoms with Crippen LogP contribution in [0.25, 0.3) is 0 Å². The second kappa shape index (κ2) is 5.98. The highest BCUT2D eigenvalue weighted by molar-refractivity contribution is 5.81. The van der Waals surface area contributed by atoms with Gasteiger partial charge in [-0.15, -0.1) is 0 Å². The second-order valence-electron chi connectivity index (χ2n) is 3.82. The van der Waals surface area contributed by atoms with E-state index >= 15 is 0 Å². The lowest BCUT2D eigenvalue weighted by Gasteiger charge is -2.16. The smallest absolute Gasteiger partial charge is 0.236 e. The number of rotatable bonds is 5. The summed E-state index contributed by atoms with van der Waals surface area (Å²) in [6.07, 6.45) is 2.47. The molecular weight excluding hydrogens is 178 g/mol. The van der Waals surface area contributed by atoms with Crippen LogP contribution >= 0.6 is 0 Å². The second-order valence-corrected chi connectivity index (χ2v) is 3.82. The Morgan fingerprint density at radius 3 is 3.00 bits per heavy atom. The van der Waals surface area contributed by atoms with Gasteiger partial charge in [0, 0.05) is 19.1 Å². The Bertz CT molecular complexity index is 178. The Balaban J connectivity index is 2.13. The van der Waals surface area contributed by atoms with E-state index in [0.29, 0.717) is 12.6 Å². The molecule has 0 saturated carbocycles. The molecule has 0 bridgehead atoms. The highest BCUT2D eigenvalue weighted by Crippen LogP contribution is 2.03. The first-order chi connectivity index (χ1) is 6.74. The van der Waals surface area contributed by atoms with Crippen LogP contribution in [0.15, 0.2) is 0 Å². The van der Waals surface area contributed by atoms with Gasteiger partial charge in [0.05, 0.1) is 6.04 Å². The first kappa shape index (κ1) is 11.5. The minimum absolute atomic E-state index is 0.0858. The molecule has 0 aliphatic carbocycles. The molecule has 82 valence electrons. The molecule has 1 heterocycles. The lowest BCUT2D eigenvalue weighted by Crippen LogP contribution is -2.46. The predicted molar refractivity (Wildman–Crippen MR) is 57.2 cm³/mol. The molecule has 3 N–H and O–H groups in total. The first-order valence-corrected chi connectivity index (χ1v) is 5.48. The van der Waals surface area contributed by atoms with Gasteiger partial charge in [-0.25, -0.2) is 0 Å². The number of carbonyl (C=O) groups excluding carboxylic acids is 1. The molecule has 1 fully saturated rings. The summed E-state index contributed by atoms with van der Waals surface area (Å²) in [4.78, 5) is 11.4. The predicted octanol–water partition coefficient (Wildman–Crippen LogP) is -0.147. The maximum atomic E-state index is 11.4. The zero-order chi connectivity index (χ0) is 10.4. The standard InChI is InChI=1S/C10H21N3O/c1-3-11-10(14)8(2)13-7-9-5-4-6-12-9/h8-9,12-13H,3-7H2,1-2H3,(H,11,14). The van der Waals surface area contributed by atoms with E-state index in [1.165, 1.54) is 12.8 Å². The number of hydrogen-bond donors (Lipinski definition) is 3. The lowest BCUT2D eigenvalue weighted by atomic mass is 10.2. The van der Waals surface area contributed by atoms with Crippen LogP contribution in [0.2, 0.25) is 0 Å². The number of carbonyl (C=O) groups is 1. The fraction of sp³-hybridized carbons (Fsp3) is 0.900. The number of hydrogen-bond acceptors (Lipinski definition) is 3. The van der Waals surface area contributed by atoms with Crippen LogP contribution in [0, 0.1) is 0 Å². The van der Waals surface area contributed by atoms with Crippen molar-refractivity contribution in [1.29, 1.82) is 0 Å². The van der Waals surface area contributed by atoms with E-state index in [0.717, 1.165) is 13.1 Å². The Labute approximate surface area is 85.8 Å². The summed E-state index contributed by atoms with van der Waals surface area (Å²) in [5, 5.41) is 9.42. The van der Waals surface area contributed by atoms with Crippen LogP contribution in [0.3, 0.4) is 0 Å². The maximum absolute atomic E-state index is 11.4. The van der Waals surface area contributed by atoms with Crippen molar-refractivity contribution in [3.8, 4) is 0 Å². The maximum Gasteiger partial charge on any atom is 0.236 e.